The van der Waals surface area contributed by atoms with Gasteiger partial charge in [0.25, 0.3) is 0 Å². The summed E-state index contributed by atoms with van der Waals surface area (Å²) in [5.74, 6) is -0.988. The van der Waals surface area contributed by atoms with Gasteiger partial charge >= 0.3 is 0 Å². The van der Waals surface area contributed by atoms with Gasteiger partial charge in [-0.15, -0.1) is 0 Å². The van der Waals surface area contributed by atoms with Crippen LogP contribution in [0.2, 0.25) is 0 Å². The first-order chi connectivity index (χ1) is 8.61. The van der Waals surface area contributed by atoms with Crippen LogP contribution in [-0.2, 0) is 10.8 Å². The maximum atomic E-state index is 13.6. The zero-order chi connectivity index (χ0) is 13.1. The van der Waals surface area contributed by atoms with Crippen molar-refractivity contribution in [2.75, 3.05) is 16.8 Å². The summed E-state index contributed by atoms with van der Waals surface area (Å²) in [5, 5.41) is 11.5. The molecule has 0 saturated carbocycles. The molecule has 0 spiro atoms. The summed E-state index contributed by atoms with van der Waals surface area (Å²) in [6, 6.07) is 4.21. The number of hydrogen-bond donors (Lipinski definition) is 1. The van der Waals surface area contributed by atoms with E-state index in [1.54, 1.807) is 6.07 Å². The zero-order valence-electron chi connectivity index (χ0n) is 9.58. The minimum Gasteiger partial charge on any atom is -0.380 e. The molecule has 0 radical (unpaired) electrons. The molecule has 2 rings (SSSR count). The SMILES string of the molecule is N#Cc1ccc(NC2CCS(=O)CC2)c(F)c1F. The van der Waals surface area contributed by atoms with Gasteiger partial charge in [-0.3, -0.25) is 4.21 Å². The fourth-order valence-electron chi connectivity index (χ4n) is 1.91. The Hall–Kier alpha value is -1.48. The Morgan fingerprint density at radius 1 is 1.28 bits per heavy atom. The van der Waals surface area contributed by atoms with Crippen molar-refractivity contribution >= 4 is 16.5 Å². The summed E-state index contributed by atoms with van der Waals surface area (Å²) in [4.78, 5) is 0. The van der Waals surface area contributed by atoms with E-state index in [0.717, 1.165) is 0 Å². The highest BCUT2D eigenvalue weighted by molar-refractivity contribution is 7.85. The normalized spacial score (nSPS) is 23.4. The molecule has 1 saturated heterocycles. The van der Waals surface area contributed by atoms with Gasteiger partial charge in [0.05, 0.1) is 11.3 Å². The van der Waals surface area contributed by atoms with Crippen LogP contribution in [0.25, 0.3) is 0 Å². The molecule has 1 heterocycles. The molecule has 0 amide bonds. The lowest BCUT2D eigenvalue weighted by atomic mass is 10.1. The Labute approximate surface area is 106 Å². The quantitative estimate of drug-likeness (QED) is 0.896. The van der Waals surface area contributed by atoms with Gasteiger partial charge in [-0.05, 0) is 25.0 Å². The standard InChI is InChI=1S/C12H12F2N2OS/c13-11-8(7-15)1-2-10(12(11)14)16-9-3-5-18(17)6-4-9/h1-2,9,16H,3-6H2. The van der Waals surface area contributed by atoms with Crippen LogP contribution in [-0.4, -0.2) is 21.8 Å². The molecule has 1 aliphatic heterocycles. The second-order valence-electron chi connectivity index (χ2n) is 4.17. The van der Waals surface area contributed by atoms with Crippen LogP contribution in [0.4, 0.5) is 14.5 Å². The van der Waals surface area contributed by atoms with E-state index in [1.165, 1.54) is 12.1 Å². The highest BCUT2D eigenvalue weighted by atomic mass is 32.2. The van der Waals surface area contributed by atoms with Crippen molar-refractivity contribution in [3.63, 3.8) is 0 Å². The number of halogens is 2. The first kappa shape index (κ1) is 13.0. The Balaban J connectivity index is 2.13. The van der Waals surface area contributed by atoms with Crippen LogP contribution in [0.5, 0.6) is 0 Å². The highest BCUT2D eigenvalue weighted by Gasteiger charge is 2.20. The third-order valence-corrected chi connectivity index (χ3v) is 4.33. The van der Waals surface area contributed by atoms with Crippen molar-refractivity contribution in [3.8, 4) is 6.07 Å². The van der Waals surface area contributed by atoms with E-state index in [2.05, 4.69) is 5.32 Å². The molecule has 1 aromatic carbocycles. The predicted octanol–water partition coefficient (Wildman–Crippen LogP) is 2.16. The number of nitrogens with zero attached hydrogens (tertiary/aromatic N) is 1. The van der Waals surface area contributed by atoms with Crippen LogP contribution >= 0.6 is 0 Å². The summed E-state index contributed by atoms with van der Waals surface area (Å²) in [7, 11) is -0.785. The van der Waals surface area contributed by atoms with Gasteiger partial charge < -0.3 is 5.32 Å². The van der Waals surface area contributed by atoms with Gasteiger partial charge in [-0.25, -0.2) is 8.78 Å². The van der Waals surface area contributed by atoms with E-state index < -0.39 is 22.4 Å². The lowest BCUT2D eigenvalue weighted by Gasteiger charge is -2.23. The number of anilines is 1. The van der Waals surface area contributed by atoms with Gasteiger partial charge in [0, 0.05) is 28.3 Å². The molecule has 0 aromatic heterocycles. The van der Waals surface area contributed by atoms with Gasteiger partial charge in [0.1, 0.15) is 6.07 Å². The molecule has 1 aromatic rings. The summed E-state index contributed by atoms with van der Waals surface area (Å²) >= 11 is 0. The smallest absolute Gasteiger partial charge is 0.183 e. The molecule has 1 N–H and O–H groups in total. The molecule has 0 aliphatic carbocycles. The van der Waals surface area contributed by atoms with E-state index in [4.69, 9.17) is 5.26 Å². The van der Waals surface area contributed by atoms with Crippen molar-refractivity contribution < 1.29 is 13.0 Å². The third kappa shape index (κ3) is 2.67. The number of nitriles is 1. The summed E-state index contributed by atoms with van der Waals surface area (Å²) in [6.07, 6.45) is 1.35. The minimum absolute atomic E-state index is 0.00420. The molecule has 0 unspecified atom stereocenters. The predicted molar refractivity (Wildman–Crippen MR) is 65.6 cm³/mol. The molecular formula is C12H12F2N2OS. The number of benzene rings is 1. The molecule has 3 nitrogen and oxygen atoms in total. The lowest BCUT2D eigenvalue weighted by molar-refractivity contribution is 0.506. The number of rotatable bonds is 2. The van der Waals surface area contributed by atoms with Crippen LogP contribution in [0.15, 0.2) is 12.1 Å². The maximum Gasteiger partial charge on any atom is 0.183 e. The molecule has 0 bridgehead atoms. The van der Waals surface area contributed by atoms with Gasteiger partial charge in [0.2, 0.25) is 0 Å². The van der Waals surface area contributed by atoms with Crippen molar-refractivity contribution in [1.29, 1.82) is 5.26 Å². The maximum absolute atomic E-state index is 13.6. The van der Waals surface area contributed by atoms with E-state index in [0.29, 0.717) is 24.3 Å². The summed E-state index contributed by atoms with van der Waals surface area (Å²) in [5.41, 5.74) is -0.244. The fraction of sp³-hybridized carbons (Fsp3) is 0.417. The van der Waals surface area contributed by atoms with Gasteiger partial charge in [0.15, 0.2) is 11.6 Å². The highest BCUT2D eigenvalue weighted by Crippen LogP contribution is 2.23. The van der Waals surface area contributed by atoms with Crippen LogP contribution in [0.1, 0.15) is 18.4 Å². The Morgan fingerprint density at radius 2 is 1.94 bits per heavy atom. The first-order valence-corrected chi connectivity index (χ1v) is 7.10. The van der Waals surface area contributed by atoms with Crippen molar-refractivity contribution in [3.05, 3.63) is 29.3 Å². The summed E-state index contributed by atoms with van der Waals surface area (Å²) in [6.45, 7) is 0. The van der Waals surface area contributed by atoms with E-state index in [1.807, 2.05) is 0 Å². The number of nitrogens with one attached hydrogen (secondary N) is 1. The van der Waals surface area contributed by atoms with Crippen LogP contribution < -0.4 is 5.32 Å². The van der Waals surface area contributed by atoms with E-state index >= 15 is 0 Å². The molecule has 6 heteroatoms. The van der Waals surface area contributed by atoms with E-state index in [9.17, 15) is 13.0 Å². The molecule has 96 valence electrons. The summed E-state index contributed by atoms with van der Waals surface area (Å²) < 4.78 is 38.2. The molecular weight excluding hydrogens is 258 g/mol. The molecule has 1 fully saturated rings. The Kier molecular flexibility index (Phi) is 3.92. The van der Waals surface area contributed by atoms with Crippen LogP contribution in [0, 0.1) is 23.0 Å². The van der Waals surface area contributed by atoms with Crippen molar-refractivity contribution in [2.24, 2.45) is 0 Å². The average molecular weight is 270 g/mol. The second-order valence-corrected chi connectivity index (χ2v) is 5.86. The molecule has 18 heavy (non-hydrogen) atoms. The monoisotopic (exact) mass is 270 g/mol. The lowest BCUT2D eigenvalue weighted by Crippen LogP contribution is -2.29. The topological polar surface area (TPSA) is 52.9 Å². The fourth-order valence-corrected chi connectivity index (χ4v) is 3.20. The first-order valence-electron chi connectivity index (χ1n) is 5.61. The molecule has 0 atom stereocenters. The zero-order valence-corrected chi connectivity index (χ0v) is 10.4. The Bertz CT molecular complexity index is 518. The molecule has 1 aliphatic rings. The van der Waals surface area contributed by atoms with E-state index in [-0.39, 0.29) is 17.3 Å². The van der Waals surface area contributed by atoms with Gasteiger partial charge in [-0.2, -0.15) is 5.26 Å². The van der Waals surface area contributed by atoms with Crippen LogP contribution in [0.3, 0.4) is 0 Å². The second kappa shape index (κ2) is 5.44. The minimum atomic E-state index is -1.12. The van der Waals surface area contributed by atoms with Gasteiger partial charge in [-0.1, -0.05) is 0 Å². The average Bonchev–Trinajstić information content (AvgIpc) is 2.38. The Morgan fingerprint density at radius 3 is 2.56 bits per heavy atom. The number of hydrogen-bond acceptors (Lipinski definition) is 3. The largest absolute Gasteiger partial charge is 0.380 e. The van der Waals surface area contributed by atoms with Crippen molar-refractivity contribution in [2.45, 2.75) is 18.9 Å². The third-order valence-electron chi connectivity index (χ3n) is 2.95. The van der Waals surface area contributed by atoms with Crippen molar-refractivity contribution in [1.82, 2.24) is 0 Å².